The second-order valence-electron chi connectivity index (χ2n) is 4.65. The maximum atomic E-state index is 4.65. The number of imidazole rings is 1. The van der Waals surface area contributed by atoms with Gasteiger partial charge in [0.15, 0.2) is 0 Å². The number of nitrogens with one attached hydrogen (secondary N) is 2. The van der Waals surface area contributed by atoms with Gasteiger partial charge in [-0.1, -0.05) is 6.07 Å². The molecule has 0 bridgehead atoms. The van der Waals surface area contributed by atoms with E-state index in [1.54, 1.807) is 0 Å². The number of H-pyrrole nitrogens is 1. The maximum absolute atomic E-state index is 4.65. The average Bonchev–Trinajstić information content (AvgIpc) is 2.79. The molecule has 19 heavy (non-hydrogen) atoms. The molecule has 100 valence electrons. The molecule has 2 N–H and O–H groups in total. The number of aromatic nitrogens is 2. The molecule has 0 spiro atoms. The van der Waals surface area contributed by atoms with Gasteiger partial charge in [-0.3, -0.25) is 0 Å². The van der Waals surface area contributed by atoms with Crippen molar-refractivity contribution in [1.29, 1.82) is 0 Å². The molecule has 1 aromatic heterocycles. The molecule has 0 saturated heterocycles. The third kappa shape index (κ3) is 2.73. The number of hydrogen-bond donors (Lipinski definition) is 2. The van der Waals surface area contributed by atoms with Crippen molar-refractivity contribution in [3.63, 3.8) is 0 Å². The minimum absolute atomic E-state index is 0.749. The Balaban J connectivity index is 1.97. The van der Waals surface area contributed by atoms with Crippen molar-refractivity contribution in [2.45, 2.75) is 24.3 Å². The van der Waals surface area contributed by atoms with Crippen molar-refractivity contribution in [3.8, 4) is 11.3 Å². The van der Waals surface area contributed by atoms with Crippen molar-refractivity contribution in [2.24, 2.45) is 0 Å². The van der Waals surface area contributed by atoms with Crippen LogP contribution in [-0.4, -0.2) is 22.8 Å². The van der Waals surface area contributed by atoms with Gasteiger partial charge in [0.1, 0.15) is 16.1 Å². The quantitative estimate of drug-likeness (QED) is 0.898. The van der Waals surface area contributed by atoms with Crippen LogP contribution in [0.5, 0.6) is 0 Å². The molecule has 0 unspecified atom stereocenters. The number of aromatic amines is 1. The molecule has 0 amide bonds. The highest BCUT2D eigenvalue weighted by atomic mass is 79.9. The Hall–Kier alpha value is -0.780. The molecule has 3 nitrogen and oxygen atoms in total. The number of hydrogen-bond acceptors (Lipinski definition) is 3. The van der Waals surface area contributed by atoms with Gasteiger partial charge in [-0.25, -0.2) is 4.98 Å². The molecule has 5 heteroatoms. The summed E-state index contributed by atoms with van der Waals surface area (Å²) >= 11 is 5.53. The first-order chi connectivity index (χ1) is 9.28. The van der Waals surface area contributed by atoms with Crippen LogP contribution in [0.3, 0.4) is 0 Å². The zero-order valence-corrected chi connectivity index (χ0v) is 13.2. The number of rotatable bonds is 3. The van der Waals surface area contributed by atoms with Crippen molar-refractivity contribution in [1.82, 2.24) is 15.3 Å². The highest BCUT2D eigenvalue weighted by Gasteiger charge is 2.14. The average molecular weight is 338 g/mol. The van der Waals surface area contributed by atoms with Crippen molar-refractivity contribution >= 4 is 27.7 Å². The first kappa shape index (κ1) is 13.2. The predicted molar refractivity (Wildman–Crippen MR) is 83.5 cm³/mol. The highest BCUT2D eigenvalue weighted by Crippen LogP contribution is 2.34. The van der Waals surface area contributed by atoms with Crippen LogP contribution < -0.4 is 5.32 Å². The second-order valence-corrected chi connectivity index (χ2v) is 6.58. The van der Waals surface area contributed by atoms with E-state index in [4.69, 9.17) is 0 Å². The topological polar surface area (TPSA) is 40.7 Å². The Bertz CT molecular complexity index is 594. The second kappa shape index (κ2) is 5.69. The number of benzene rings is 1. The van der Waals surface area contributed by atoms with E-state index in [2.05, 4.69) is 49.4 Å². The van der Waals surface area contributed by atoms with Crippen LogP contribution >= 0.6 is 27.7 Å². The number of thioether (sulfide) groups is 1. The van der Waals surface area contributed by atoms with Crippen LogP contribution in [0.15, 0.2) is 27.7 Å². The molecule has 0 aliphatic carbocycles. The lowest BCUT2D eigenvalue weighted by molar-refractivity contribution is 0.771. The van der Waals surface area contributed by atoms with Gasteiger partial charge in [-0.15, -0.1) is 11.8 Å². The standard InChI is InChI=1S/C14H16BrN3S/c1-16-8-12-17-13(14(15)18-12)10-4-5-11-9(7-10)3-2-6-19-11/h4-5,7,16H,2-3,6,8H2,1H3,(H,17,18). The molecule has 0 saturated carbocycles. The third-order valence-corrected chi connectivity index (χ3v) is 5.01. The van der Waals surface area contributed by atoms with E-state index in [0.29, 0.717) is 0 Å². The minimum atomic E-state index is 0.749. The molecule has 3 rings (SSSR count). The summed E-state index contributed by atoms with van der Waals surface area (Å²) in [5, 5.41) is 3.11. The zero-order valence-electron chi connectivity index (χ0n) is 10.8. The summed E-state index contributed by atoms with van der Waals surface area (Å²) in [5.41, 5.74) is 3.65. The number of halogens is 1. The number of fused-ring (bicyclic) bond motifs is 1. The van der Waals surface area contributed by atoms with E-state index in [1.807, 2.05) is 18.8 Å². The smallest absolute Gasteiger partial charge is 0.121 e. The lowest BCUT2D eigenvalue weighted by atomic mass is 10.0. The molecule has 2 aromatic rings. The van der Waals surface area contributed by atoms with Crippen LogP contribution in [-0.2, 0) is 13.0 Å². The molecule has 2 heterocycles. The summed E-state index contributed by atoms with van der Waals surface area (Å²) in [5.74, 6) is 2.20. The van der Waals surface area contributed by atoms with E-state index in [1.165, 1.54) is 34.6 Å². The predicted octanol–water partition coefficient (Wildman–Crippen LogP) is 3.60. The SMILES string of the molecule is CNCc1nc(-c2ccc3c(c2)CCCS3)c(Br)[nH]1. The fourth-order valence-electron chi connectivity index (χ4n) is 2.35. The maximum Gasteiger partial charge on any atom is 0.121 e. The summed E-state index contributed by atoms with van der Waals surface area (Å²) in [6.07, 6.45) is 2.45. The van der Waals surface area contributed by atoms with Gasteiger partial charge >= 0.3 is 0 Å². The molecular formula is C14H16BrN3S. The molecular weight excluding hydrogens is 322 g/mol. The third-order valence-electron chi connectivity index (χ3n) is 3.23. The van der Waals surface area contributed by atoms with E-state index in [9.17, 15) is 0 Å². The first-order valence-corrected chi connectivity index (χ1v) is 8.21. The fraction of sp³-hybridized carbons (Fsp3) is 0.357. The zero-order chi connectivity index (χ0) is 13.2. The van der Waals surface area contributed by atoms with Crippen LogP contribution in [0.2, 0.25) is 0 Å². The molecule has 1 aromatic carbocycles. The van der Waals surface area contributed by atoms with Crippen molar-refractivity contribution < 1.29 is 0 Å². The monoisotopic (exact) mass is 337 g/mol. The van der Waals surface area contributed by atoms with Gasteiger partial charge in [0.05, 0.1) is 6.54 Å². The Morgan fingerprint density at radius 3 is 3.21 bits per heavy atom. The van der Waals surface area contributed by atoms with Crippen LogP contribution in [0.1, 0.15) is 17.8 Å². The Morgan fingerprint density at radius 1 is 1.47 bits per heavy atom. The summed E-state index contributed by atoms with van der Waals surface area (Å²) in [6, 6.07) is 6.68. The summed E-state index contributed by atoms with van der Waals surface area (Å²) in [6.45, 7) is 0.749. The Kier molecular flexibility index (Phi) is 3.96. The van der Waals surface area contributed by atoms with E-state index in [0.717, 1.165) is 22.7 Å². The summed E-state index contributed by atoms with van der Waals surface area (Å²) in [4.78, 5) is 9.34. The fourth-order valence-corrected chi connectivity index (χ4v) is 3.91. The molecule has 0 radical (unpaired) electrons. The highest BCUT2D eigenvalue weighted by molar-refractivity contribution is 9.10. The van der Waals surface area contributed by atoms with Gasteiger partial charge in [-0.05, 0) is 59.3 Å². The molecule has 0 fully saturated rings. The van der Waals surface area contributed by atoms with Crippen LogP contribution in [0, 0.1) is 0 Å². The van der Waals surface area contributed by atoms with Crippen LogP contribution in [0.25, 0.3) is 11.3 Å². The van der Waals surface area contributed by atoms with Crippen molar-refractivity contribution in [2.75, 3.05) is 12.8 Å². The van der Waals surface area contributed by atoms with Gasteiger partial charge in [0.2, 0.25) is 0 Å². The van der Waals surface area contributed by atoms with Crippen LogP contribution in [0.4, 0.5) is 0 Å². The van der Waals surface area contributed by atoms with E-state index < -0.39 is 0 Å². The Morgan fingerprint density at radius 2 is 2.37 bits per heavy atom. The van der Waals surface area contributed by atoms with Gasteiger partial charge in [0, 0.05) is 10.5 Å². The molecule has 1 aliphatic rings. The first-order valence-electron chi connectivity index (χ1n) is 6.43. The summed E-state index contributed by atoms with van der Waals surface area (Å²) in [7, 11) is 1.92. The van der Waals surface area contributed by atoms with E-state index in [-0.39, 0.29) is 0 Å². The van der Waals surface area contributed by atoms with Gasteiger partial charge in [0.25, 0.3) is 0 Å². The Labute approximate surface area is 125 Å². The van der Waals surface area contributed by atoms with E-state index >= 15 is 0 Å². The lowest BCUT2D eigenvalue weighted by Gasteiger charge is -2.15. The molecule has 1 aliphatic heterocycles. The van der Waals surface area contributed by atoms with Gasteiger partial charge in [-0.2, -0.15) is 0 Å². The minimum Gasteiger partial charge on any atom is -0.335 e. The van der Waals surface area contributed by atoms with Gasteiger partial charge < -0.3 is 10.3 Å². The number of nitrogens with zero attached hydrogens (tertiary/aromatic N) is 1. The van der Waals surface area contributed by atoms with Crippen molar-refractivity contribution in [3.05, 3.63) is 34.2 Å². The summed E-state index contributed by atoms with van der Waals surface area (Å²) < 4.78 is 0.959. The normalized spacial score (nSPS) is 14.4. The largest absolute Gasteiger partial charge is 0.335 e. The lowest BCUT2D eigenvalue weighted by Crippen LogP contribution is -2.06. The molecule has 0 atom stereocenters. The number of aryl methyl sites for hydroxylation is 1.